The summed E-state index contributed by atoms with van der Waals surface area (Å²) in [5.74, 6) is -1.23. The number of carbonyl (C=O) groups is 2. The Morgan fingerprint density at radius 2 is 1.68 bits per heavy atom. The SMILES string of the molecule is O=C(NC(Cc1cccn1-c1cccnc1)C(=O)O)OCC1c2ccccc2-c2ccccc21. The molecule has 2 aromatic carbocycles. The van der Waals surface area contributed by atoms with Crippen LogP contribution in [0.4, 0.5) is 4.79 Å². The number of fused-ring (bicyclic) bond motifs is 3. The number of amides is 1. The number of alkyl carbamates (subject to hydrolysis) is 1. The molecule has 5 rings (SSSR count). The number of pyridine rings is 1. The van der Waals surface area contributed by atoms with Crippen molar-refractivity contribution in [2.45, 2.75) is 18.4 Å². The summed E-state index contributed by atoms with van der Waals surface area (Å²) in [6.45, 7) is 0.123. The van der Waals surface area contributed by atoms with Gasteiger partial charge in [0.1, 0.15) is 12.6 Å². The van der Waals surface area contributed by atoms with Crippen molar-refractivity contribution in [3.63, 3.8) is 0 Å². The van der Waals surface area contributed by atoms with E-state index in [1.165, 1.54) is 0 Å². The van der Waals surface area contributed by atoms with Gasteiger partial charge in [-0.3, -0.25) is 4.98 Å². The van der Waals surface area contributed by atoms with Crippen molar-refractivity contribution in [2.75, 3.05) is 6.61 Å². The number of aliphatic carboxylic acids is 1. The molecule has 0 aliphatic heterocycles. The maximum absolute atomic E-state index is 12.6. The molecule has 34 heavy (non-hydrogen) atoms. The van der Waals surface area contributed by atoms with Gasteiger partial charge in [-0.15, -0.1) is 0 Å². The first-order valence-electron chi connectivity index (χ1n) is 11.0. The van der Waals surface area contributed by atoms with Crippen molar-refractivity contribution in [1.82, 2.24) is 14.9 Å². The molecular formula is C27H23N3O4. The third-order valence-corrected chi connectivity index (χ3v) is 6.10. The average molecular weight is 453 g/mol. The third-order valence-electron chi connectivity index (χ3n) is 6.10. The first kappa shape index (κ1) is 21.5. The second-order valence-electron chi connectivity index (χ2n) is 8.15. The molecule has 0 fully saturated rings. The van der Waals surface area contributed by atoms with E-state index in [0.29, 0.717) is 0 Å². The van der Waals surface area contributed by atoms with Crippen LogP contribution in [0.3, 0.4) is 0 Å². The largest absolute Gasteiger partial charge is 0.480 e. The number of carboxylic acids is 1. The summed E-state index contributed by atoms with van der Waals surface area (Å²) in [5.41, 5.74) is 6.01. The van der Waals surface area contributed by atoms with Crippen molar-refractivity contribution in [3.05, 3.63) is 108 Å². The smallest absolute Gasteiger partial charge is 0.407 e. The van der Waals surface area contributed by atoms with Crippen LogP contribution in [0.15, 0.2) is 91.4 Å². The predicted octanol–water partition coefficient (Wildman–Crippen LogP) is 4.41. The zero-order chi connectivity index (χ0) is 23.5. The van der Waals surface area contributed by atoms with E-state index in [0.717, 1.165) is 33.6 Å². The number of hydrogen-bond donors (Lipinski definition) is 2. The van der Waals surface area contributed by atoms with Gasteiger partial charge in [0, 0.05) is 30.4 Å². The summed E-state index contributed by atoms with van der Waals surface area (Å²) in [4.78, 5) is 28.6. The standard InChI is InChI=1S/C27H23N3O4/c31-26(32)25(15-18-8-6-14-30(18)19-7-5-13-28-16-19)29-27(33)34-17-24-22-11-3-1-9-20(22)21-10-2-4-12-23(21)24/h1-14,16,24-25H,15,17H2,(H,29,33)(H,31,32). The Labute approximate surface area is 196 Å². The Morgan fingerprint density at radius 1 is 0.971 bits per heavy atom. The zero-order valence-corrected chi connectivity index (χ0v) is 18.3. The highest BCUT2D eigenvalue weighted by molar-refractivity contribution is 5.81. The Bertz CT molecular complexity index is 1290. The van der Waals surface area contributed by atoms with Gasteiger partial charge < -0.3 is 19.7 Å². The quantitative estimate of drug-likeness (QED) is 0.432. The van der Waals surface area contributed by atoms with Crippen LogP contribution in [0.25, 0.3) is 16.8 Å². The van der Waals surface area contributed by atoms with Crippen LogP contribution in [-0.4, -0.2) is 39.4 Å². The van der Waals surface area contributed by atoms with Gasteiger partial charge in [0.2, 0.25) is 0 Å². The Balaban J connectivity index is 1.27. The van der Waals surface area contributed by atoms with E-state index in [9.17, 15) is 14.7 Å². The molecule has 7 nitrogen and oxygen atoms in total. The number of rotatable bonds is 7. The van der Waals surface area contributed by atoms with Gasteiger partial charge >= 0.3 is 12.1 Å². The topological polar surface area (TPSA) is 93.5 Å². The molecule has 0 saturated heterocycles. The molecule has 0 bridgehead atoms. The summed E-state index contributed by atoms with van der Waals surface area (Å²) in [7, 11) is 0. The number of benzene rings is 2. The highest BCUT2D eigenvalue weighted by atomic mass is 16.5. The fraction of sp³-hybridized carbons (Fsp3) is 0.148. The van der Waals surface area contributed by atoms with E-state index in [2.05, 4.69) is 22.4 Å². The van der Waals surface area contributed by atoms with Crippen LogP contribution in [0, 0.1) is 0 Å². The number of ether oxygens (including phenoxy) is 1. The minimum atomic E-state index is -1.14. The van der Waals surface area contributed by atoms with Gasteiger partial charge in [-0.25, -0.2) is 9.59 Å². The molecule has 4 aromatic rings. The van der Waals surface area contributed by atoms with Gasteiger partial charge in [0.25, 0.3) is 0 Å². The van der Waals surface area contributed by atoms with E-state index >= 15 is 0 Å². The first-order chi connectivity index (χ1) is 16.6. The normalized spacial score (nSPS) is 13.1. The molecule has 1 aliphatic rings. The van der Waals surface area contributed by atoms with Crippen molar-refractivity contribution < 1.29 is 19.4 Å². The number of carbonyl (C=O) groups excluding carboxylic acids is 1. The molecule has 170 valence electrons. The van der Waals surface area contributed by atoms with E-state index in [4.69, 9.17) is 4.74 Å². The van der Waals surface area contributed by atoms with Crippen LogP contribution in [0.2, 0.25) is 0 Å². The van der Waals surface area contributed by atoms with Crippen LogP contribution >= 0.6 is 0 Å². The fourth-order valence-electron chi connectivity index (χ4n) is 4.52. The lowest BCUT2D eigenvalue weighted by Crippen LogP contribution is -2.43. The second-order valence-corrected chi connectivity index (χ2v) is 8.15. The minimum Gasteiger partial charge on any atom is -0.480 e. The van der Waals surface area contributed by atoms with Gasteiger partial charge in [0.05, 0.1) is 11.9 Å². The highest BCUT2D eigenvalue weighted by Gasteiger charge is 2.30. The fourth-order valence-corrected chi connectivity index (χ4v) is 4.52. The summed E-state index contributed by atoms with van der Waals surface area (Å²) in [6.07, 6.45) is 4.54. The van der Waals surface area contributed by atoms with Crippen LogP contribution < -0.4 is 5.32 Å². The van der Waals surface area contributed by atoms with Crippen LogP contribution in [-0.2, 0) is 16.0 Å². The predicted molar refractivity (Wildman–Crippen MR) is 127 cm³/mol. The Morgan fingerprint density at radius 3 is 2.32 bits per heavy atom. The monoisotopic (exact) mass is 453 g/mol. The Hall–Kier alpha value is -4.39. The lowest BCUT2D eigenvalue weighted by Gasteiger charge is -2.18. The molecule has 0 spiro atoms. The van der Waals surface area contributed by atoms with Gasteiger partial charge in [-0.05, 0) is 46.5 Å². The zero-order valence-electron chi connectivity index (χ0n) is 18.3. The maximum Gasteiger partial charge on any atom is 0.407 e. The molecule has 1 amide bonds. The number of nitrogens with zero attached hydrogens (tertiary/aromatic N) is 2. The lowest BCUT2D eigenvalue weighted by atomic mass is 9.98. The van der Waals surface area contributed by atoms with E-state index < -0.39 is 18.1 Å². The lowest BCUT2D eigenvalue weighted by molar-refractivity contribution is -0.139. The summed E-state index contributed by atoms with van der Waals surface area (Å²) < 4.78 is 7.37. The third kappa shape index (κ3) is 4.15. The minimum absolute atomic E-state index is 0.0933. The number of nitrogens with one attached hydrogen (secondary N) is 1. The molecule has 1 unspecified atom stereocenters. The number of aromatic nitrogens is 2. The van der Waals surface area contributed by atoms with Crippen LogP contribution in [0.5, 0.6) is 0 Å². The summed E-state index contributed by atoms with van der Waals surface area (Å²) in [6, 6.07) is 22.3. The van der Waals surface area contributed by atoms with Crippen molar-refractivity contribution in [3.8, 4) is 16.8 Å². The second kappa shape index (κ2) is 9.23. The first-order valence-corrected chi connectivity index (χ1v) is 11.0. The highest BCUT2D eigenvalue weighted by Crippen LogP contribution is 2.44. The molecule has 0 radical (unpaired) electrons. The van der Waals surface area contributed by atoms with Crippen LogP contribution in [0.1, 0.15) is 22.7 Å². The van der Waals surface area contributed by atoms with Crippen molar-refractivity contribution in [1.29, 1.82) is 0 Å². The number of carboxylic acid groups (broad SMARTS) is 1. The maximum atomic E-state index is 12.6. The molecule has 1 atom stereocenters. The molecule has 2 aromatic heterocycles. The van der Waals surface area contributed by atoms with E-state index in [-0.39, 0.29) is 18.9 Å². The van der Waals surface area contributed by atoms with Crippen molar-refractivity contribution in [2.24, 2.45) is 0 Å². The average Bonchev–Trinajstić information content (AvgIpc) is 3.45. The molecule has 1 aliphatic carbocycles. The van der Waals surface area contributed by atoms with Gasteiger partial charge in [0.15, 0.2) is 0 Å². The molecule has 7 heteroatoms. The van der Waals surface area contributed by atoms with Gasteiger partial charge in [-0.2, -0.15) is 0 Å². The molecule has 0 saturated carbocycles. The Kier molecular flexibility index (Phi) is 5.82. The number of hydrogen-bond acceptors (Lipinski definition) is 4. The molecular weight excluding hydrogens is 430 g/mol. The van der Waals surface area contributed by atoms with Crippen molar-refractivity contribution >= 4 is 12.1 Å². The van der Waals surface area contributed by atoms with E-state index in [1.54, 1.807) is 12.4 Å². The summed E-state index contributed by atoms with van der Waals surface area (Å²) in [5, 5.41) is 12.2. The van der Waals surface area contributed by atoms with Gasteiger partial charge in [-0.1, -0.05) is 48.5 Å². The molecule has 2 N–H and O–H groups in total. The summed E-state index contributed by atoms with van der Waals surface area (Å²) >= 11 is 0. The molecule has 2 heterocycles. The van der Waals surface area contributed by atoms with E-state index in [1.807, 2.05) is 71.4 Å².